The standard InChI is InChI=1S/C12H19N3O4S/c1-7(11(17)13-3)6-14(4)12-9(15(18)19)5-10(20-12)8(2)16/h5,7-8,16H,6H2,1-4H3,(H,13,17). The molecule has 0 saturated heterocycles. The van der Waals surface area contributed by atoms with E-state index in [4.69, 9.17) is 0 Å². The molecule has 1 aromatic rings. The highest BCUT2D eigenvalue weighted by atomic mass is 32.1. The van der Waals surface area contributed by atoms with Crippen LogP contribution in [-0.2, 0) is 4.79 Å². The predicted molar refractivity (Wildman–Crippen MR) is 78.1 cm³/mol. The van der Waals surface area contributed by atoms with E-state index in [2.05, 4.69) is 5.32 Å². The van der Waals surface area contributed by atoms with Gasteiger partial charge in [0.2, 0.25) is 5.91 Å². The SMILES string of the molecule is CNC(=O)C(C)CN(C)c1sc(C(C)O)cc1[N+](=O)[O-]. The Balaban J connectivity index is 2.99. The van der Waals surface area contributed by atoms with Crippen molar-refractivity contribution in [1.82, 2.24) is 5.32 Å². The van der Waals surface area contributed by atoms with Crippen molar-refractivity contribution in [1.29, 1.82) is 0 Å². The van der Waals surface area contributed by atoms with Gasteiger partial charge in [0.05, 0.1) is 16.9 Å². The molecule has 2 N–H and O–H groups in total. The minimum absolute atomic E-state index is 0.0440. The maximum absolute atomic E-state index is 11.5. The molecule has 0 saturated carbocycles. The van der Waals surface area contributed by atoms with E-state index in [1.807, 2.05) is 0 Å². The molecule has 0 aliphatic heterocycles. The van der Waals surface area contributed by atoms with Crippen LogP contribution in [0.1, 0.15) is 24.8 Å². The van der Waals surface area contributed by atoms with Crippen LogP contribution in [0.5, 0.6) is 0 Å². The Morgan fingerprint density at radius 2 is 2.20 bits per heavy atom. The molecule has 0 spiro atoms. The van der Waals surface area contributed by atoms with Gasteiger partial charge in [-0.05, 0) is 6.92 Å². The van der Waals surface area contributed by atoms with E-state index >= 15 is 0 Å². The van der Waals surface area contributed by atoms with Crippen LogP contribution in [-0.4, -0.2) is 36.6 Å². The Morgan fingerprint density at radius 3 is 2.65 bits per heavy atom. The highest BCUT2D eigenvalue weighted by molar-refractivity contribution is 7.16. The van der Waals surface area contributed by atoms with Crippen molar-refractivity contribution < 1.29 is 14.8 Å². The number of nitro groups is 1. The van der Waals surface area contributed by atoms with Crippen molar-refractivity contribution in [3.8, 4) is 0 Å². The molecule has 1 amide bonds. The predicted octanol–water partition coefficient (Wildman–Crippen LogP) is 1.53. The van der Waals surface area contributed by atoms with Crippen molar-refractivity contribution in [2.75, 3.05) is 25.5 Å². The fraction of sp³-hybridized carbons (Fsp3) is 0.583. The Labute approximate surface area is 121 Å². The summed E-state index contributed by atoms with van der Waals surface area (Å²) >= 11 is 1.17. The lowest BCUT2D eigenvalue weighted by Crippen LogP contribution is -2.34. The number of anilines is 1. The lowest BCUT2D eigenvalue weighted by molar-refractivity contribution is -0.383. The quantitative estimate of drug-likeness (QED) is 0.613. The Morgan fingerprint density at radius 1 is 1.60 bits per heavy atom. The summed E-state index contributed by atoms with van der Waals surface area (Å²) in [5.74, 6) is -0.409. The number of nitrogens with zero attached hydrogens (tertiary/aromatic N) is 2. The van der Waals surface area contributed by atoms with Crippen LogP contribution in [0.15, 0.2) is 6.07 Å². The van der Waals surface area contributed by atoms with Crippen LogP contribution in [0.4, 0.5) is 10.7 Å². The smallest absolute Gasteiger partial charge is 0.304 e. The molecule has 112 valence electrons. The number of hydrogen-bond acceptors (Lipinski definition) is 6. The van der Waals surface area contributed by atoms with Gasteiger partial charge >= 0.3 is 5.69 Å². The van der Waals surface area contributed by atoms with E-state index in [1.54, 1.807) is 32.8 Å². The van der Waals surface area contributed by atoms with Gasteiger partial charge in [-0.25, -0.2) is 0 Å². The van der Waals surface area contributed by atoms with E-state index in [9.17, 15) is 20.0 Å². The number of hydrogen-bond donors (Lipinski definition) is 2. The molecule has 20 heavy (non-hydrogen) atoms. The molecular weight excluding hydrogens is 282 g/mol. The third kappa shape index (κ3) is 3.67. The molecule has 1 rings (SSSR count). The van der Waals surface area contributed by atoms with E-state index in [1.165, 1.54) is 17.4 Å². The van der Waals surface area contributed by atoms with Crippen molar-refractivity contribution >= 4 is 27.9 Å². The summed E-state index contributed by atoms with van der Waals surface area (Å²) in [7, 11) is 3.25. The zero-order valence-electron chi connectivity index (χ0n) is 11.9. The Kier molecular flexibility index (Phi) is 5.46. The Bertz CT molecular complexity index is 501. The van der Waals surface area contributed by atoms with Crippen molar-refractivity contribution in [3.63, 3.8) is 0 Å². The molecule has 0 bridgehead atoms. The van der Waals surface area contributed by atoms with Gasteiger partial charge < -0.3 is 15.3 Å². The summed E-state index contributed by atoms with van der Waals surface area (Å²) in [5, 5.41) is 23.6. The van der Waals surface area contributed by atoms with Gasteiger partial charge in [0.25, 0.3) is 0 Å². The van der Waals surface area contributed by atoms with E-state index in [0.717, 1.165) is 0 Å². The largest absolute Gasteiger partial charge is 0.388 e. The molecule has 0 fully saturated rings. The van der Waals surface area contributed by atoms with E-state index in [-0.39, 0.29) is 17.5 Å². The third-order valence-electron chi connectivity index (χ3n) is 2.91. The number of carbonyl (C=O) groups excluding carboxylic acids is 1. The number of aliphatic hydroxyl groups is 1. The van der Waals surface area contributed by atoms with Crippen LogP contribution in [0, 0.1) is 16.0 Å². The van der Waals surface area contributed by atoms with Crippen molar-refractivity contribution in [2.24, 2.45) is 5.92 Å². The number of aliphatic hydroxyl groups excluding tert-OH is 1. The van der Waals surface area contributed by atoms with Gasteiger partial charge in [0, 0.05) is 31.6 Å². The zero-order valence-corrected chi connectivity index (χ0v) is 12.7. The zero-order chi connectivity index (χ0) is 15.4. The minimum atomic E-state index is -0.753. The number of carbonyl (C=O) groups is 1. The lowest BCUT2D eigenvalue weighted by Gasteiger charge is -2.20. The second-order valence-electron chi connectivity index (χ2n) is 4.67. The molecule has 2 atom stereocenters. The van der Waals surface area contributed by atoms with Gasteiger partial charge in [0.15, 0.2) is 5.00 Å². The second kappa shape index (κ2) is 6.67. The maximum atomic E-state index is 11.5. The number of thiophene rings is 1. The first kappa shape index (κ1) is 16.4. The summed E-state index contributed by atoms with van der Waals surface area (Å²) in [6.45, 7) is 3.68. The maximum Gasteiger partial charge on any atom is 0.304 e. The number of rotatable bonds is 6. The minimum Gasteiger partial charge on any atom is -0.388 e. The number of nitrogens with one attached hydrogen (secondary N) is 1. The summed E-state index contributed by atoms with van der Waals surface area (Å²) < 4.78 is 0. The first-order chi connectivity index (χ1) is 9.27. The normalized spacial score (nSPS) is 13.7. The average Bonchev–Trinajstić information content (AvgIpc) is 2.82. The molecule has 8 heteroatoms. The van der Waals surface area contributed by atoms with E-state index in [0.29, 0.717) is 16.4 Å². The van der Waals surface area contributed by atoms with Gasteiger partial charge in [-0.1, -0.05) is 6.92 Å². The monoisotopic (exact) mass is 301 g/mol. The highest BCUT2D eigenvalue weighted by Gasteiger charge is 2.25. The molecule has 7 nitrogen and oxygen atoms in total. The molecule has 0 radical (unpaired) electrons. The van der Waals surface area contributed by atoms with Gasteiger partial charge in [-0.15, -0.1) is 11.3 Å². The van der Waals surface area contributed by atoms with Crippen LogP contribution in [0.2, 0.25) is 0 Å². The summed E-state index contributed by atoms with van der Waals surface area (Å²) in [6, 6.07) is 1.38. The number of amides is 1. The van der Waals surface area contributed by atoms with Gasteiger partial charge in [-0.2, -0.15) is 0 Å². The summed E-state index contributed by atoms with van der Waals surface area (Å²) in [4.78, 5) is 24.3. The first-order valence-electron chi connectivity index (χ1n) is 6.16. The summed E-state index contributed by atoms with van der Waals surface area (Å²) in [6.07, 6.45) is -0.753. The van der Waals surface area contributed by atoms with Crippen LogP contribution in [0.3, 0.4) is 0 Å². The average molecular weight is 301 g/mol. The molecule has 1 aromatic heterocycles. The van der Waals surface area contributed by atoms with Crippen LogP contribution < -0.4 is 10.2 Å². The first-order valence-corrected chi connectivity index (χ1v) is 6.98. The topological polar surface area (TPSA) is 95.7 Å². The van der Waals surface area contributed by atoms with Crippen LogP contribution in [0.25, 0.3) is 0 Å². The molecule has 0 aromatic carbocycles. The third-order valence-corrected chi connectivity index (χ3v) is 4.32. The van der Waals surface area contributed by atoms with E-state index < -0.39 is 11.0 Å². The summed E-state index contributed by atoms with van der Waals surface area (Å²) in [5.41, 5.74) is -0.0440. The van der Waals surface area contributed by atoms with Crippen LogP contribution >= 0.6 is 11.3 Å². The van der Waals surface area contributed by atoms with Gasteiger partial charge in [-0.3, -0.25) is 14.9 Å². The molecule has 0 aliphatic rings. The second-order valence-corrected chi connectivity index (χ2v) is 5.73. The van der Waals surface area contributed by atoms with Crippen molar-refractivity contribution in [2.45, 2.75) is 20.0 Å². The molecule has 0 aliphatic carbocycles. The molecular formula is C12H19N3O4S. The highest BCUT2D eigenvalue weighted by Crippen LogP contribution is 2.39. The Hall–Kier alpha value is -1.67. The molecule has 1 heterocycles. The molecule has 2 unspecified atom stereocenters. The van der Waals surface area contributed by atoms with Crippen molar-refractivity contribution in [3.05, 3.63) is 21.1 Å². The lowest BCUT2D eigenvalue weighted by atomic mass is 10.1. The fourth-order valence-electron chi connectivity index (χ4n) is 1.82. The fourth-order valence-corrected chi connectivity index (χ4v) is 2.86. The van der Waals surface area contributed by atoms with Gasteiger partial charge in [0.1, 0.15) is 0 Å².